The number of carboxylic acids is 1. The number of aromatic carboxylic acids is 1. The fraction of sp³-hybridized carbons (Fsp3) is 0.0471. The first-order valence-electron chi connectivity index (χ1n) is 33.5. The van der Waals surface area contributed by atoms with Gasteiger partial charge in [0.05, 0.1) is 44.6 Å². The molecule has 8 aromatic heterocycles. The number of rotatable bonds is 20. The van der Waals surface area contributed by atoms with Gasteiger partial charge in [-0.05, 0) is 254 Å². The number of carbonyl (C=O) groups excluding carboxylic acids is 4. The van der Waals surface area contributed by atoms with Crippen molar-refractivity contribution < 1.29 is 33.5 Å². The van der Waals surface area contributed by atoms with Crippen molar-refractivity contribution in [3.05, 3.63) is 366 Å². The van der Waals surface area contributed by atoms with Crippen LogP contribution in [0.1, 0.15) is 92.1 Å². The van der Waals surface area contributed by atoms with Gasteiger partial charge in [0.2, 0.25) is 0 Å². The Morgan fingerprint density at radius 2 is 0.651 bits per heavy atom. The molecule has 15 rings (SSSR count). The number of anilines is 9. The van der Waals surface area contributed by atoms with Gasteiger partial charge in [-0.2, -0.15) is 0 Å². The van der Waals surface area contributed by atoms with Crippen molar-refractivity contribution in [2.45, 2.75) is 26.2 Å². The zero-order valence-corrected chi connectivity index (χ0v) is 56.9. The van der Waals surface area contributed by atoms with Crippen LogP contribution in [0.15, 0.2) is 299 Å². The number of benzene rings is 7. The maximum absolute atomic E-state index is 13.7. The molecular weight excluding hydrogens is 1330 g/mol. The standard InChI is InChI=1S/C30H24N4O2.C28H21N5O3.C27H20FN5O/c1-20(35)24-6-11-28-27(19-24)29(14-17-32-28)33-25-9-4-23(5-10-25)30(36)34-26-7-2-21(3-8-26)18-22-12-15-31-16-13-22;34-27(32-22-5-1-18(2-6-22)15-19-9-12-29-13-10-19)21-4-8-26(31-17-21)33-25-11-14-30-24-7-3-20(28(35)36)16-23(24)25;28-21-4-7-24-23(16-21)25(11-14-30-24)33-26-8-3-20(17-31-26)27(34)32-22-5-1-18(2-6-22)15-19-9-12-29-13-10-19/h2-17,19H,18H2,1H3,(H,32,33)(H,34,36);1-14,16-17H,15H2,(H,32,34)(H,35,36)(H,30,31,33);1-14,16-17H,15H2,(H,32,34)(H,30,31,33). The Labute approximate surface area is 607 Å². The van der Waals surface area contributed by atoms with E-state index >= 15 is 0 Å². The third kappa shape index (κ3) is 18.5. The topological polar surface area (TPSA) is 281 Å². The number of amides is 3. The molecule has 0 saturated heterocycles. The lowest BCUT2D eigenvalue weighted by atomic mass is 10.1. The zero-order valence-electron chi connectivity index (χ0n) is 56.9. The molecule has 15 aromatic rings. The Bertz CT molecular complexity index is 5380. The molecule has 20 nitrogen and oxygen atoms in total. The van der Waals surface area contributed by atoms with Gasteiger partial charge in [0.15, 0.2) is 5.78 Å². The number of hydrogen-bond donors (Lipinski definition) is 7. The van der Waals surface area contributed by atoms with Crippen LogP contribution >= 0.6 is 0 Å². The lowest BCUT2D eigenvalue weighted by Crippen LogP contribution is -2.12. The van der Waals surface area contributed by atoms with E-state index in [1.54, 1.807) is 135 Å². The highest BCUT2D eigenvalue weighted by Crippen LogP contribution is 2.30. The van der Waals surface area contributed by atoms with Gasteiger partial charge in [0, 0.05) is 124 Å². The van der Waals surface area contributed by atoms with Gasteiger partial charge >= 0.3 is 5.97 Å². The normalized spacial score (nSPS) is 10.7. The van der Waals surface area contributed by atoms with Crippen LogP contribution in [0.3, 0.4) is 0 Å². The summed E-state index contributed by atoms with van der Waals surface area (Å²) in [5.74, 6) is -0.991. The van der Waals surface area contributed by atoms with Crippen LogP contribution in [-0.2, 0) is 19.3 Å². The molecule has 106 heavy (non-hydrogen) atoms. The van der Waals surface area contributed by atoms with E-state index in [0.29, 0.717) is 78.4 Å². The number of hydrogen-bond acceptors (Lipinski definition) is 16. The maximum atomic E-state index is 13.7. The summed E-state index contributed by atoms with van der Waals surface area (Å²) < 4.78 is 13.7. The predicted molar refractivity (Wildman–Crippen MR) is 411 cm³/mol. The average Bonchev–Trinajstić information content (AvgIpc) is 0.810. The van der Waals surface area contributed by atoms with Crippen LogP contribution in [0.5, 0.6) is 0 Å². The minimum absolute atomic E-state index is 0.00505. The molecular formula is C85H65FN14O6. The first-order chi connectivity index (χ1) is 51.7. The van der Waals surface area contributed by atoms with Gasteiger partial charge in [0.1, 0.15) is 17.5 Å². The minimum atomic E-state index is -1.01. The summed E-state index contributed by atoms with van der Waals surface area (Å²) in [5.41, 5.74) is 16.5. The summed E-state index contributed by atoms with van der Waals surface area (Å²) >= 11 is 0. The highest BCUT2D eigenvalue weighted by Gasteiger charge is 2.15. The molecule has 0 aliphatic carbocycles. The number of carboxylic acid groups (broad SMARTS) is 1. The summed E-state index contributed by atoms with van der Waals surface area (Å²) in [4.78, 5) is 94.9. The van der Waals surface area contributed by atoms with E-state index in [9.17, 15) is 33.5 Å². The van der Waals surface area contributed by atoms with Crippen LogP contribution in [0.25, 0.3) is 32.7 Å². The SMILES string of the molecule is CC(=O)c1ccc2nccc(Nc3ccc(C(=O)Nc4ccc(Cc5ccncc5)cc4)cc3)c2c1.O=C(Nc1ccc(Cc2ccncc2)cc1)c1ccc(Nc2ccnc3ccc(F)cc23)nc1.O=C(O)c1ccc2nccc(Nc3ccc(C(=O)Nc4ccc(Cc5ccncc5)cc4)cn3)c2c1. The Morgan fingerprint density at radius 1 is 0.321 bits per heavy atom. The molecule has 0 atom stereocenters. The number of nitrogens with zero attached hydrogens (tertiary/aromatic N) is 8. The van der Waals surface area contributed by atoms with Crippen molar-refractivity contribution >= 4 is 114 Å². The van der Waals surface area contributed by atoms with Crippen LogP contribution in [-0.4, -0.2) is 74.5 Å². The smallest absolute Gasteiger partial charge is 0.335 e. The van der Waals surface area contributed by atoms with E-state index in [2.05, 4.69) is 71.8 Å². The number of pyridine rings is 8. The molecule has 0 unspecified atom stereocenters. The third-order valence-corrected chi connectivity index (χ3v) is 17.0. The zero-order chi connectivity index (χ0) is 73.1. The Hall–Kier alpha value is -14.6. The number of aromatic nitrogens is 8. The highest BCUT2D eigenvalue weighted by molar-refractivity contribution is 6.07. The Kier molecular flexibility index (Phi) is 21.9. The molecule has 3 amide bonds. The van der Waals surface area contributed by atoms with E-state index in [1.807, 2.05) is 140 Å². The molecule has 518 valence electrons. The quantitative estimate of drug-likeness (QED) is 0.0349. The molecule has 0 bridgehead atoms. The van der Waals surface area contributed by atoms with Crippen LogP contribution < -0.4 is 31.9 Å². The first kappa shape index (κ1) is 69.9. The molecule has 0 saturated carbocycles. The number of ketones is 1. The van der Waals surface area contributed by atoms with Crippen molar-refractivity contribution in [1.29, 1.82) is 0 Å². The Morgan fingerprint density at radius 3 is 1.04 bits per heavy atom. The Balaban J connectivity index is 0.000000141. The molecule has 7 N–H and O–H groups in total. The van der Waals surface area contributed by atoms with E-state index < -0.39 is 5.97 Å². The van der Waals surface area contributed by atoms with Crippen LogP contribution in [0, 0.1) is 5.82 Å². The second kappa shape index (κ2) is 33.3. The molecule has 0 aliphatic rings. The maximum Gasteiger partial charge on any atom is 0.335 e. The molecule has 0 aliphatic heterocycles. The van der Waals surface area contributed by atoms with E-state index in [0.717, 1.165) is 63.9 Å². The average molecular weight is 1400 g/mol. The second-order valence-corrected chi connectivity index (χ2v) is 24.4. The van der Waals surface area contributed by atoms with Crippen molar-refractivity contribution in [2.75, 3.05) is 31.9 Å². The summed E-state index contributed by atoms with van der Waals surface area (Å²) in [5, 5.41) is 29.9. The van der Waals surface area contributed by atoms with Crippen molar-refractivity contribution in [3.8, 4) is 0 Å². The molecule has 0 radical (unpaired) electrons. The van der Waals surface area contributed by atoms with Crippen molar-refractivity contribution in [1.82, 2.24) is 39.9 Å². The van der Waals surface area contributed by atoms with E-state index in [4.69, 9.17) is 0 Å². The van der Waals surface area contributed by atoms with Gasteiger partial charge in [-0.1, -0.05) is 36.4 Å². The van der Waals surface area contributed by atoms with Gasteiger partial charge in [-0.15, -0.1) is 0 Å². The van der Waals surface area contributed by atoms with E-state index in [-0.39, 0.29) is 34.9 Å². The molecule has 0 fully saturated rings. The summed E-state index contributed by atoms with van der Waals surface area (Å²) in [6, 6.07) is 69.2. The van der Waals surface area contributed by atoms with Gasteiger partial charge in [-0.3, -0.25) is 49.1 Å². The van der Waals surface area contributed by atoms with Gasteiger partial charge in [0.25, 0.3) is 17.7 Å². The van der Waals surface area contributed by atoms with Gasteiger partial charge in [-0.25, -0.2) is 19.2 Å². The predicted octanol–water partition coefficient (Wildman–Crippen LogP) is 17.5. The minimum Gasteiger partial charge on any atom is -0.478 e. The molecule has 21 heteroatoms. The number of Topliss-reactive ketones (excluding diaryl/α,β-unsaturated/α-hetero) is 1. The number of carbonyl (C=O) groups is 5. The second-order valence-electron chi connectivity index (χ2n) is 24.4. The summed E-state index contributed by atoms with van der Waals surface area (Å²) in [7, 11) is 0. The van der Waals surface area contributed by atoms with Gasteiger partial charge < -0.3 is 37.0 Å². The lowest BCUT2D eigenvalue weighted by Gasteiger charge is -2.11. The van der Waals surface area contributed by atoms with E-state index in [1.165, 1.54) is 47.3 Å². The summed E-state index contributed by atoms with van der Waals surface area (Å²) in [6.45, 7) is 1.55. The number of halogens is 1. The third-order valence-electron chi connectivity index (χ3n) is 17.0. The molecule has 0 spiro atoms. The van der Waals surface area contributed by atoms with Crippen LogP contribution in [0.4, 0.5) is 55.8 Å². The first-order valence-corrected chi connectivity index (χ1v) is 33.5. The molecule has 8 heterocycles. The fourth-order valence-electron chi connectivity index (χ4n) is 11.4. The number of fused-ring (bicyclic) bond motifs is 3. The monoisotopic (exact) mass is 1400 g/mol. The fourth-order valence-corrected chi connectivity index (χ4v) is 11.4. The summed E-state index contributed by atoms with van der Waals surface area (Å²) in [6.07, 6.45) is 21.1. The largest absolute Gasteiger partial charge is 0.478 e. The van der Waals surface area contributed by atoms with Crippen molar-refractivity contribution in [2.24, 2.45) is 0 Å². The van der Waals surface area contributed by atoms with Crippen LogP contribution in [0.2, 0.25) is 0 Å². The highest BCUT2D eigenvalue weighted by atomic mass is 19.1. The van der Waals surface area contributed by atoms with Crippen molar-refractivity contribution in [3.63, 3.8) is 0 Å². The molecule has 7 aromatic carbocycles. The lowest BCUT2D eigenvalue weighted by molar-refractivity contribution is 0.0696. The number of nitrogens with one attached hydrogen (secondary N) is 6.